The highest BCUT2D eigenvalue weighted by atomic mass is 16.5. The van der Waals surface area contributed by atoms with E-state index in [1.807, 2.05) is 0 Å². The lowest BCUT2D eigenvalue weighted by Gasteiger charge is -2.14. The Morgan fingerprint density at radius 3 is 2.53 bits per heavy atom. The lowest BCUT2D eigenvalue weighted by molar-refractivity contribution is -0.137. The summed E-state index contributed by atoms with van der Waals surface area (Å²) in [5.41, 5.74) is -0.754. The number of hydrogen-bond acceptors (Lipinski definition) is 3. The van der Waals surface area contributed by atoms with Crippen LogP contribution in [0.1, 0.15) is 32.1 Å². The number of amides is 2. The molecule has 0 bridgehead atoms. The Kier molecular flexibility index (Phi) is 3.66. The van der Waals surface area contributed by atoms with Gasteiger partial charge in [-0.25, -0.2) is 0 Å². The average molecular weight is 240 g/mol. The molecule has 0 aromatic rings. The van der Waals surface area contributed by atoms with E-state index < -0.39 is 5.41 Å². The van der Waals surface area contributed by atoms with Crippen molar-refractivity contribution in [1.29, 1.82) is 0 Å². The van der Waals surface area contributed by atoms with Gasteiger partial charge in [0.05, 0.1) is 0 Å². The van der Waals surface area contributed by atoms with Gasteiger partial charge >= 0.3 is 0 Å². The second-order valence-electron chi connectivity index (χ2n) is 4.93. The molecule has 0 aliphatic heterocycles. The first-order valence-electron chi connectivity index (χ1n) is 6.27. The smallest absolute Gasteiger partial charge is 0.235 e. The van der Waals surface area contributed by atoms with Crippen LogP contribution >= 0.6 is 0 Å². The molecule has 2 saturated carbocycles. The van der Waals surface area contributed by atoms with Crippen LogP contribution in [0.25, 0.3) is 0 Å². The summed E-state index contributed by atoms with van der Waals surface area (Å²) in [6, 6.07) is 0.321. The van der Waals surface area contributed by atoms with Crippen molar-refractivity contribution in [3.8, 4) is 0 Å². The number of methoxy groups -OCH3 is 1. The number of hydrogen-bond donors (Lipinski definition) is 2. The summed E-state index contributed by atoms with van der Waals surface area (Å²) in [5, 5.41) is 5.73. The summed E-state index contributed by atoms with van der Waals surface area (Å²) in [5.74, 6) is -0.198. The second kappa shape index (κ2) is 5.04. The van der Waals surface area contributed by atoms with Crippen LogP contribution in [-0.2, 0) is 14.3 Å². The van der Waals surface area contributed by atoms with E-state index in [1.165, 1.54) is 0 Å². The van der Waals surface area contributed by atoms with E-state index in [0.29, 0.717) is 32.0 Å². The maximum Gasteiger partial charge on any atom is 0.235 e. The van der Waals surface area contributed by atoms with Crippen molar-refractivity contribution in [1.82, 2.24) is 10.6 Å². The molecule has 0 radical (unpaired) electrons. The molecule has 2 rings (SSSR count). The monoisotopic (exact) mass is 240 g/mol. The van der Waals surface area contributed by atoms with Gasteiger partial charge in [-0.3, -0.25) is 9.59 Å². The maximum atomic E-state index is 11.9. The molecule has 2 N–H and O–H groups in total. The second-order valence-corrected chi connectivity index (χ2v) is 4.93. The molecule has 2 aliphatic rings. The van der Waals surface area contributed by atoms with Gasteiger partial charge in [-0.05, 0) is 32.1 Å². The van der Waals surface area contributed by atoms with Gasteiger partial charge in [0.1, 0.15) is 5.41 Å². The van der Waals surface area contributed by atoms with Crippen LogP contribution in [-0.4, -0.2) is 38.1 Å². The SMILES string of the molecule is COCCCNC(=O)C1(C(=O)NC2CC2)CC1. The summed E-state index contributed by atoms with van der Waals surface area (Å²) < 4.78 is 4.90. The molecule has 0 aromatic carbocycles. The lowest BCUT2D eigenvalue weighted by Crippen LogP contribution is -2.44. The summed E-state index contributed by atoms with van der Waals surface area (Å²) in [7, 11) is 1.63. The molecule has 0 heterocycles. The van der Waals surface area contributed by atoms with Gasteiger partial charge in [-0.15, -0.1) is 0 Å². The number of carbonyl (C=O) groups excluding carboxylic acids is 2. The molecule has 0 atom stereocenters. The van der Waals surface area contributed by atoms with Gasteiger partial charge in [-0.2, -0.15) is 0 Å². The van der Waals surface area contributed by atoms with E-state index >= 15 is 0 Å². The van der Waals surface area contributed by atoms with E-state index in [9.17, 15) is 9.59 Å². The van der Waals surface area contributed by atoms with Crippen LogP contribution in [0.3, 0.4) is 0 Å². The number of nitrogens with one attached hydrogen (secondary N) is 2. The number of ether oxygens (including phenoxy) is 1. The summed E-state index contributed by atoms with van der Waals surface area (Å²) in [6.07, 6.45) is 4.25. The zero-order valence-electron chi connectivity index (χ0n) is 10.3. The zero-order valence-corrected chi connectivity index (χ0v) is 10.3. The van der Waals surface area contributed by atoms with E-state index in [-0.39, 0.29) is 11.8 Å². The predicted octanol–water partition coefficient (Wildman–Crippen LogP) is 0.198. The van der Waals surface area contributed by atoms with E-state index in [0.717, 1.165) is 19.3 Å². The highest BCUT2D eigenvalue weighted by Gasteiger charge is 2.56. The Morgan fingerprint density at radius 2 is 2.00 bits per heavy atom. The minimum Gasteiger partial charge on any atom is -0.385 e. The normalized spacial score (nSPS) is 20.8. The lowest BCUT2D eigenvalue weighted by atomic mass is 10.1. The summed E-state index contributed by atoms with van der Waals surface area (Å²) in [6.45, 7) is 1.20. The molecule has 17 heavy (non-hydrogen) atoms. The largest absolute Gasteiger partial charge is 0.385 e. The molecular weight excluding hydrogens is 220 g/mol. The third-order valence-corrected chi connectivity index (χ3v) is 3.34. The molecule has 5 nitrogen and oxygen atoms in total. The van der Waals surface area contributed by atoms with Crippen LogP contribution in [0, 0.1) is 5.41 Å². The average Bonchev–Trinajstić information content (AvgIpc) is 3.14. The van der Waals surface area contributed by atoms with Crippen molar-refractivity contribution in [3.05, 3.63) is 0 Å². The first-order valence-corrected chi connectivity index (χ1v) is 6.27. The fourth-order valence-electron chi connectivity index (χ4n) is 1.82. The summed E-state index contributed by atoms with van der Waals surface area (Å²) >= 11 is 0. The fourth-order valence-corrected chi connectivity index (χ4v) is 1.82. The topological polar surface area (TPSA) is 67.4 Å². The Hall–Kier alpha value is -1.10. The third kappa shape index (κ3) is 2.97. The van der Waals surface area contributed by atoms with E-state index in [2.05, 4.69) is 10.6 Å². The Morgan fingerprint density at radius 1 is 1.29 bits per heavy atom. The van der Waals surface area contributed by atoms with Gasteiger partial charge in [0, 0.05) is 26.3 Å². The molecule has 2 amide bonds. The van der Waals surface area contributed by atoms with E-state index in [1.54, 1.807) is 7.11 Å². The first-order chi connectivity index (χ1) is 8.19. The molecule has 0 spiro atoms. The van der Waals surface area contributed by atoms with Crippen molar-refractivity contribution in [2.24, 2.45) is 5.41 Å². The minimum atomic E-state index is -0.754. The van der Waals surface area contributed by atoms with Gasteiger partial charge in [0.25, 0.3) is 0 Å². The molecule has 0 aromatic heterocycles. The van der Waals surface area contributed by atoms with Crippen LogP contribution < -0.4 is 10.6 Å². The molecule has 5 heteroatoms. The quantitative estimate of drug-likeness (QED) is 0.493. The number of carbonyl (C=O) groups is 2. The van der Waals surface area contributed by atoms with Gasteiger partial charge < -0.3 is 15.4 Å². The van der Waals surface area contributed by atoms with Crippen molar-refractivity contribution in [2.45, 2.75) is 38.1 Å². The number of rotatable bonds is 7. The molecular formula is C12H20N2O3. The van der Waals surface area contributed by atoms with Gasteiger partial charge in [-0.1, -0.05) is 0 Å². The molecule has 96 valence electrons. The zero-order chi connectivity index (χ0) is 12.3. The Bertz CT molecular complexity index is 309. The molecule has 0 saturated heterocycles. The van der Waals surface area contributed by atoms with Crippen LogP contribution in [0.2, 0.25) is 0 Å². The highest BCUT2D eigenvalue weighted by Crippen LogP contribution is 2.46. The van der Waals surface area contributed by atoms with Crippen LogP contribution in [0.15, 0.2) is 0 Å². The van der Waals surface area contributed by atoms with Crippen molar-refractivity contribution in [3.63, 3.8) is 0 Å². The minimum absolute atomic E-state index is 0.0794. The molecule has 2 aliphatic carbocycles. The summed E-state index contributed by atoms with van der Waals surface area (Å²) in [4.78, 5) is 23.8. The standard InChI is InChI=1S/C12H20N2O3/c1-17-8-2-7-13-10(15)12(5-6-12)11(16)14-9-3-4-9/h9H,2-8H2,1H3,(H,13,15)(H,14,16). The first kappa shape index (κ1) is 12.4. The predicted molar refractivity (Wildman–Crippen MR) is 62.3 cm³/mol. The Balaban J connectivity index is 1.74. The van der Waals surface area contributed by atoms with Crippen molar-refractivity contribution >= 4 is 11.8 Å². The van der Waals surface area contributed by atoms with Gasteiger partial charge in [0.2, 0.25) is 11.8 Å². The van der Waals surface area contributed by atoms with Crippen LogP contribution in [0.5, 0.6) is 0 Å². The van der Waals surface area contributed by atoms with Gasteiger partial charge in [0.15, 0.2) is 0 Å². The van der Waals surface area contributed by atoms with Crippen molar-refractivity contribution in [2.75, 3.05) is 20.3 Å². The molecule has 0 unspecified atom stereocenters. The maximum absolute atomic E-state index is 11.9. The van der Waals surface area contributed by atoms with Crippen molar-refractivity contribution < 1.29 is 14.3 Å². The third-order valence-electron chi connectivity index (χ3n) is 3.34. The van der Waals surface area contributed by atoms with Crippen LogP contribution in [0.4, 0.5) is 0 Å². The Labute approximate surface area is 101 Å². The fraction of sp³-hybridized carbons (Fsp3) is 0.833. The highest BCUT2D eigenvalue weighted by molar-refractivity contribution is 6.08. The molecule has 2 fully saturated rings. The van der Waals surface area contributed by atoms with E-state index in [4.69, 9.17) is 4.74 Å².